The van der Waals surface area contributed by atoms with Crippen LogP contribution >= 0.6 is 11.6 Å². The van der Waals surface area contributed by atoms with E-state index in [-0.39, 0.29) is 11.9 Å². The van der Waals surface area contributed by atoms with Gasteiger partial charge in [-0.2, -0.15) is 0 Å². The van der Waals surface area contributed by atoms with Gasteiger partial charge in [0.05, 0.1) is 0 Å². The monoisotopic (exact) mass is 424 g/mol. The van der Waals surface area contributed by atoms with Crippen molar-refractivity contribution in [2.75, 3.05) is 0 Å². The molecule has 30 heavy (non-hydrogen) atoms. The zero-order chi connectivity index (χ0) is 21.6. The number of amides is 1. The summed E-state index contributed by atoms with van der Waals surface area (Å²) < 4.78 is 0. The number of allylic oxidation sites excluding steroid dienone is 3. The van der Waals surface area contributed by atoms with Gasteiger partial charge in [-0.3, -0.25) is 9.78 Å². The minimum absolute atomic E-state index is 0.0564. The molecule has 1 aromatic heterocycles. The van der Waals surface area contributed by atoms with Gasteiger partial charge < -0.3 is 5.32 Å². The Bertz CT molecular complexity index is 830. The van der Waals surface area contributed by atoms with Crippen molar-refractivity contribution in [3.8, 4) is 0 Å². The molecule has 0 aliphatic carbocycles. The van der Waals surface area contributed by atoms with Gasteiger partial charge in [-0.05, 0) is 73.9 Å². The van der Waals surface area contributed by atoms with Crippen molar-refractivity contribution in [1.29, 1.82) is 0 Å². The molecule has 1 atom stereocenters. The van der Waals surface area contributed by atoms with Crippen LogP contribution in [0.25, 0.3) is 5.57 Å². The fourth-order valence-electron chi connectivity index (χ4n) is 3.35. The number of nitrogens with one attached hydrogen (secondary N) is 1. The first kappa shape index (κ1) is 23.9. The number of benzene rings is 1. The lowest BCUT2D eigenvalue weighted by Gasteiger charge is -2.12. The molecule has 2 rings (SSSR count). The Morgan fingerprint density at radius 1 is 1.20 bits per heavy atom. The van der Waals surface area contributed by atoms with Crippen LogP contribution in [0.1, 0.15) is 63.5 Å². The van der Waals surface area contributed by atoms with E-state index in [2.05, 4.69) is 29.4 Å². The van der Waals surface area contributed by atoms with Crippen LogP contribution in [0, 0.1) is 0 Å². The zero-order valence-corrected chi connectivity index (χ0v) is 18.9. The first-order chi connectivity index (χ1) is 14.6. The van der Waals surface area contributed by atoms with Gasteiger partial charge in [-0.15, -0.1) is 0 Å². The summed E-state index contributed by atoms with van der Waals surface area (Å²) in [5.41, 5.74) is 3.56. The highest BCUT2D eigenvalue weighted by molar-refractivity contribution is 6.30. The molecule has 0 unspecified atom stereocenters. The maximum atomic E-state index is 12.3. The molecule has 3 nitrogen and oxygen atoms in total. The molecule has 0 spiro atoms. The minimum Gasteiger partial charge on any atom is -0.350 e. The predicted molar refractivity (Wildman–Crippen MR) is 127 cm³/mol. The summed E-state index contributed by atoms with van der Waals surface area (Å²) in [6.45, 7) is 4.25. The SMILES string of the molecule is CCCCC/C(=C\C=C\C(=O)N[C@H](C)CCCc1cccnc1)c1cccc(Cl)c1. The van der Waals surface area contributed by atoms with E-state index in [9.17, 15) is 4.79 Å². The van der Waals surface area contributed by atoms with Crippen LogP contribution in [0.3, 0.4) is 0 Å². The number of carbonyl (C=O) groups is 1. The molecule has 1 amide bonds. The summed E-state index contributed by atoms with van der Waals surface area (Å²) >= 11 is 6.16. The van der Waals surface area contributed by atoms with E-state index in [0.29, 0.717) is 0 Å². The molecule has 0 bridgehead atoms. The second kappa shape index (κ2) is 13.8. The van der Waals surface area contributed by atoms with Gasteiger partial charge in [0.25, 0.3) is 0 Å². The molecule has 1 heterocycles. The fraction of sp³-hybridized carbons (Fsp3) is 0.385. The van der Waals surface area contributed by atoms with Gasteiger partial charge in [0.1, 0.15) is 0 Å². The highest BCUT2D eigenvalue weighted by atomic mass is 35.5. The zero-order valence-electron chi connectivity index (χ0n) is 18.1. The van der Waals surface area contributed by atoms with Crippen LogP contribution < -0.4 is 5.32 Å². The van der Waals surface area contributed by atoms with E-state index < -0.39 is 0 Å². The second-order valence-corrected chi connectivity index (χ2v) is 8.12. The summed E-state index contributed by atoms with van der Waals surface area (Å²) in [7, 11) is 0. The number of aryl methyl sites for hydroxylation is 1. The molecule has 160 valence electrons. The lowest BCUT2D eigenvalue weighted by atomic mass is 9.99. The van der Waals surface area contributed by atoms with Gasteiger partial charge in [0.15, 0.2) is 0 Å². The quantitative estimate of drug-likeness (QED) is 0.231. The minimum atomic E-state index is -0.0564. The maximum Gasteiger partial charge on any atom is 0.244 e. The number of rotatable bonds is 12. The number of aromatic nitrogens is 1. The van der Waals surface area contributed by atoms with E-state index in [0.717, 1.165) is 42.7 Å². The molecule has 0 radical (unpaired) electrons. The van der Waals surface area contributed by atoms with E-state index >= 15 is 0 Å². The lowest BCUT2D eigenvalue weighted by molar-refractivity contribution is -0.117. The average molecular weight is 425 g/mol. The highest BCUT2D eigenvalue weighted by Gasteiger charge is 2.05. The third kappa shape index (κ3) is 9.41. The summed E-state index contributed by atoms with van der Waals surface area (Å²) in [5, 5.41) is 3.78. The van der Waals surface area contributed by atoms with Crippen LogP contribution in [0.4, 0.5) is 0 Å². The molecule has 4 heteroatoms. The number of hydrogen-bond acceptors (Lipinski definition) is 2. The Balaban J connectivity index is 1.85. The highest BCUT2D eigenvalue weighted by Crippen LogP contribution is 2.24. The number of hydrogen-bond donors (Lipinski definition) is 1. The second-order valence-electron chi connectivity index (χ2n) is 7.68. The summed E-state index contributed by atoms with van der Waals surface area (Å²) in [4.78, 5) is 16.4. The Kier molecular flexibility index (Phi) is 11.0. The Morgan fingerprint density at radius 2 is 2.07 bits per heavy atom. The summed E-state index contributed by atoms with van der Waals surface area (Å²) in [5.74, 6) is -0.0564. The number of halogens is 1. The van der Waals surface area contributed by atoms with Crippen molar-refractivity contribution in [2.24, 2.45) is 0 Å². The summed E-state index contributed by atoms with van der Waals surface area (Å²) in [6, 6.07) is 12.1. The predicted octanol–water partition coefficient (Wildman–Crippen LogP) is 6.78. The molecule has 1 aromatic carbocycles. The van der Waals surface area contributed by atoms with Gasteiger partial charge in [0.2, 0.25) is 5.91 Å². The van der Waals surface area contributed by atoms with Gasteiger partial charge in [0, 0.05) is 29.5 Å². The van der Waals surface area contributed by atoms with E-state index in [1.54, 1.807) is 12.3 Å². The van der Waals surface area contributed by atoms with E-state index in [4.69, 9.17) is 11.6 Å². The number of unbranched alkanes of at least 4 members (excludes halogenated alkanes) is 2. The molecule has 0 aliphatic rings. The number of nitrogens with zero attached hydrogens (tertiary/aromatic N) is 1. The van der Waals surface area contributed by atoms with E-state index in [1.165, 1.54) is 24.0 Å². The van der Waals surface area contributed by atoms with Crippen LogP contribution in [0.15, 0.2) is 67.0 Å². The van der Waals surface area contributed by atoms with Gasteiger partial charge in [-0.25, -0.2) is 0 Å². The summed E-state index contributed by atoms with van der Waals surface area (Å²) in [6.07, 6.45) is 16.6. The topological polar surface area (TPSA) is 42.0 Å². The molecule has 2 aromatic rings. The molecule has 1 N–H and O–H groups in total. The third-order valence-corrected chi connectivity index (χ3v) is 5.24. The van der Waals surface area contributed by atoms with Crippen molar-refractivity contribution in [3.05, 3.63) is 83.2 Å². The largest absolute Gasteiger partial charge is 0.350 e. The first-order valence-corrected chi connectivity index (χ1v) is 11.3. The normalized spacial score (nSPS) is 12.8. The van der Waals surface area contributed by atoms with Crippen molar-refractivity contribution in [2.45, 2.75) is 64.8 Å². The average Bonchev–Trinajstić information content (AvgIpc) is 2.73. The third-order valence-electron chi connectivity index (χ3n) is 5.00. The molecule has 0 saturated heterocycles. The molecule has 0 saturated carbocycles. The van der Waals surface area contributed by atoms with Crippen LogP contribution in [-0.4, -0.2) is 16.9 Å². The fourth-order valence-corrected chi connectivity index (χ4v) is 3.54. The van der Waals surface area contributed by atoms with Crippen LogP contribution in [0.2, 0.25) is 5.02 Å². The van der Waals surface area contributed by atoms with Crippen molar-refractivity contribution >= 4 is 23.1 Å². The van der Waals surface area contributed by atoms with Gasteiger partial charge in [-0.1, -0.05) is 61.7 Å². The molecular formula is C26H33ClN2O. The van der Waals surface area contributed by atoms with E-state index in [1.807, 2.05) is 49.5 Å². The number of carbonyl (C=O) groups excluding carboxylic acids is 1. The van der Waals surface area contributed by atoms with Crippen molar-refractivity contribution < 1.29 is 4.79 Å². The molecular weight excluding hydrogens is 392 g/mol. The first-order valence-electron chi connectivity index (χ1n) is 10.9. The standard InChI is InChI=1S/C26H33ClN2O/c1-3-4-5-13-23(24-15-7-16-25(27)19-24)14-8-17-26(30)29-21(2)10-6-11-22-12-9-18-28-20-22/h7-9,12,14-21H,3-6,10-11,13H2,1-2H3,(H,29,30)/b17-8+,23-14+/t21-/m1/s1. The lowest BCUT2D eigenvalue weighted by Crippen LogP contribution is -2.31. The maximum absolute atomic E-state index is 12.3. The smallest absolute Gasteiger partial charge is 0.244 e. The van der Waals surface area contributed by atoms with Crippen molar-refractivity contribution in [3.63, 3.8) is 0 Å². The Morgan fingerprint density at radius 3 is 2.80 bits per heavy atom. The number of pyridine rings is 1. The van der Waals surface area contributed by atoms with Crippen LogP contribution in [0.5, 0.6) is 0 Å². The Labute approximate surface area is 186 Å². The van der Waals surface area contributed by atoms with Crippen LogP contribution in [-0.2, 0) is 11.2 Å². The molecule has 0 fully saturated rings. The van der Waals surface area contributed by atoms with Crippen molar-refractivity contribution in [1.82, 2.24) is 10.3 Å². The molecule has 0 aliphatic heterocycles. The Hall–Kier alpha value is -2.39. The van der Waals surface area contributed by atoms with Gasteiger partial charge >= 0.3 is 0 Å².